The summed E-state index contributed by atoms with van der Waals surface area (Å²) in [7, 11) is -17.2. The fourth-order valence-corrected chi connectivity index (χ4v) is 12.4. The van der Waals surface area contributed by atoms with Crippen LogP contribution in [0.1, 0.15) is 110 Å². The van der Waals surface area contributed by atoms with Gasteiger partial charge in [0.1, 0.15) is 12.3 Å². The van der Waals surface area contributed by atoms with E-state index < -0.39 is 68.6 Å². The molecule has 16 nitrogen and oxygen atoms in total. The number of nitrogens with zero attached hydrogens (tertiary/aromatic N) is 3. The SMILES string of the molecule is CC(=O)CCCCC[N+]1=C(/C=C/C2=C(Cl)C(=C/C=C3/N(CCCS(=O)(=O)O)c4ccc(N(CCCS(=O)(=O)O)CCCS(=O)(=O)O)cc4C3(C)C)/CCC2)C(C)(C)c2c1ccc1cc(S(=O)(=O)O)ccc21. The molecule has 2 heterocycles. The summed E-state index contributed by atoms with van der Waals surface area (Å²) < 4.78 is 135. The maximum absolute atomic E-state index is 12.1. The fraction of sp³-hybridized carbons (Fsp3) is 0.480. The lowest BCUT2D eigenvalue weighted by atomic mass is 9.78. The van der Waals surface area contributed by atoms with Gasteiger partial charge < -0.3 is 14.6 Å². The first-order valence-electron chi connectivity index (χ1n) is 23.7. The van der Waals surface area contributed by atoms with Crippen molar-refractivity contribution >= 4 is 91.4 Å². The zero-order chi connectivity index (χ0) is 52.3. The largest absolute Gasteiger partial charge is 0.371 e. The second kappa shape index (κ2) is 22.1. The summed E-state index contributed by atoms with van der Waals surface area (Å²) in [5, 5.41) is 2.13. The third kappa shape index (κ3) is 14.1. The van der Waals surface area contributed by atoms with Gasteiger partial charge in [-0.3, -0.25) is 18.2 Å². The number of carbonyl (C=O) groups excluding carboxylic acids is 1. The summed E-state index contributed by atoms with van der Waals surface area (Å²) in [5.41, 5.74) is 6.68. The number of Topliss-reactive ketones (excluding diaryl/α,β-unsaturated/α-hetero) is 1. The normalized spacial score (nSPS) is 18.4. The number of anilines is 2. The lowest BCUT2D eigenvalue weighted by Crippen LogP contribution is -2.29. The smallest absolute Gasteiger partial charge is 0.294 e. The van der Waals surface area contributed by atoms with Gasteiger partial charge in [-0.25, -0.2) is 0 Å². The predicted octanol–water partition coefficient (Wildman–Crippen LogP) is 9.09. The van der Waals surface area contributed by atoms with E-state index in [9.17, 15) is 56.7 Å². The molecular formula is C50H65ClN3O13S4+. The van der Waals surface area contributed by atoms with Gasteiger partial charge in [-0.2, -0.15) is 38.2 Å². The maximum atomic E-state index is 12.1. The summed E-state index contributed by atoms with van der Waals surface area (Å²) in [6, 6.07) is 14.1. The molecule has 4 N–H and O–H groups in total. The van der Waals surface area contributed by atoms with E-state index in [1.165, 1.54) is 12.1 Å². The van der Waals surface area contributed by atoms with E-state index in [0.29, 0.717) is 41.9 Å². The van der Waals surface area contributed by atoms with Gasteiger partial charge in [-0.05, 0) is 142 Å². The zero-order valence-corrected chi connectivity index (χ0v) is 44.8. The number of hydrogen-bond acceptors (Lipinski definition) is 11. The Bertz CT molecular complexity index is 3160. The molecular weight excluding hydrogens is 1010 g/mol. The number of allylic oxidation sites excluding steroid dienone is 8. The Balaban J connectivity index is 1.36. The second-order valence-corrected chi connectivity index (χ2v) is 26.2. The predicted molar refractivity (Wildman–Crippen MR) is 280 cm³/mol. The summed E-state index contributed by atoms with van der Waals surface area (Å²) in [4.78, 5) is 15.3. The Morgan fingerprint density at radius 3 is 2.01 bits per heavy atom. The molecule has 0 unspecified atom stereocenters. The number of ketones is 1. The number of carbonyl (C=O) groups is 1. The van der Waals surface area contributed by atoms with Crippen molar-refractivity contribution in [2.24, 2.45) is 0 Å². The van der Waals surface area contributed by atoms with Crippen molar-refractivity contribution in [3.8, 4) is 0 Å². The van der Waals surface area contributed by atoms with Crippen LogP contribution in [-0.4, -0.2) is 111 Å². The molecule has 6 rings (SSSR count). The molecule has 0 saturated carbocycles. The van der Waals surface area contributed by atoms with Crippen molar-refractivity contribution in [2.45, 2.75) is 115 Å². The van der Waals surface area contributed by atoms with E-state index in [4.69, 9.17) is 11.6 Å². The van der Waals surface area contributed by atoms with Crippen LogP contribution in [0.4, 0.5) is 17.1 Å². The highest BCUT2D eigenvalue weighted by molar-refractivity contribution is 7.86. The van der Waals surface area contributed by atoms with Crippen LogP contribution in [0, 0.1) is 0 Å². The van der Waals surface area contributed by atoms with Crippen molar-refractivity contribution in [2.75, 3.05) is 53.2 Å². The number of fused-ring (bicyclic) bond motifs is 4. The molecule has 3 aromatic carbocycles. The highest BCUT2D eigenvalue weighted by Gasteiger charge is 2.46. The van der Waals surface area contributed by atoms with Crippen LogP contribution in [0.2, 0.25) is 0 Å². The summed E-state index contributed by atoms with van der Waals surface area (Å²) in [6.07, 6.45) is 13.5. The monoisotopic (exact) mass is 1080 g/mol. The van der Waals surface area contributed by atoms with Crippen molar-refractivity contribution in [3.63, 3.8) is 0 Å². The molecule has 0 spiro atoms. The van der Waals surface area contributed by atoms with Crippen molar-refractivity contribution < 1.29 is 61.3 Å². The van der Waals surface area contributed by atoms with Crippen LogP contribution >= 0.6 is 11.6 Å². The van der Waals surface area contributed by atoms with Crippen LogP contribution in [0.15, 0.2) is 99.6 Å². The van der Waals surface area contributed by atoms with E-state index in [2.05, 4.69) is 30.6 Å². The minimum atomic E-state index is -4.42. The Morgan fingerprint density at radius 2 is 1.39 bits per heavy atom. The van der Waals surface area contributed by atoms with E-state index in [0.717, 1.165) is 76.1 Å². The van der Waals surface area contributed by atoms with Gasteiger partial charge in [0.05, 0.1) is 27.6 Å². The van der Waals surface area contributed by atoms with Gasteiger partial charge in [-0.1, -0.05) is 43.7 Å². The first-order chi connectivity index (χ1) is 33.0. The summed E-state index contributed by atoms with van der Waals surface area (Å²) in [6.45, 7) is 11.1. The molecule has 0 bridgehead atoms. The molecule has 0 aromatic heterocycles. The van der Waals surface area contributed by atoms with Crippen molar-refractivity contribution in [1.29, 1.82) is 0 Å². The lowest BCUT2D eigenvalue weighted by Gasteiger charge is -2.27. The number of hydrogen-bond donors (Lipinski definition) is 4. The van der Waals surface area contributed by atoms with Gasteiger partial charge >= 0.3 is 0 Å². The summed E-state index contributed by atoms with van der Waals surface area (Å²) in [5.74, 6) is -1.33. The van der Waals surface area contributed by atoms with Gasteiger partial charge in [0.25, 0.3) is 40.5 Å². The van der Waals surface area contributed by atoms with Crippen LogP contribution in [0.25, 0.3) is 10.8 Å². The number of halogens is 1. The van der Waals surface area contributed by atoms with Gasteiger partial charge in [0, 0.05) is 77.7 Å². The van der Waals surface area contributed by atoms with Crippen LogP contribution in [-0.2, 0) is 56.1 Å². The van der Waals surface area contributed by atoms with Gasteiger partial charge in [0.15, 0.2) is 5.71 Å². The Labute approximate surface area is 423 Å². The highest BCUT2D eigenvalue weighted by Crippen LogP contribution is 2.50. The molecule has 21 heteroatoms. The molecule has 0 saturated heterocycles. The Hall–Kier alpha value is -4.25. The summed E-state index contributed by atoms with van der Waals surface area (Å²) >= 11 is 7.31. The molecule has 0 fully saturated rings. The quantitative estimate of drug-likeness (QED) is 0.0393. The van der Waals surface area contributed by atoms with E-state index in [1.807, 2.05) is 55.2 Å². The highest BCUT2D eigenvalue weighted by atomic mass is 35.5. The molecule has 0 radical (unpaired) electrons. The van der Waals surface area contributed by atoms with E-state index in [1.54, 1.807) is 24.0 Å². The van der Waals surface area contributed by atoms with E-state index >= 15 is 0 Å². The van der Waals surface area contributed by atoms with E-state index in [-0.39, 0.29) is 49.6 Å². The fourth-order valence-electron chi connectivity index (χ4n) is 10.1. The molecule has 2 aliphatic heterocycles. The minimum Gasteiger partial charge on any atom is -0.371 e. The van der Waals surface area contributed by atoms with Crippen molar-refractivity contribution in [3.05, 3.63) is 106 Å². The number of unbranched alkanes of at least 4 members (excludes halogenated alkanes) is 2. The molecule has 1 aliphatic carbocycles. The third-order valence-corrected chi connectivity index (χ3v) is 17.3. The van der Waals surface area contributed by atoms with Crippen LogP contribution in [0.5, 0.6) is 0 Å². The average Bonchev–Trinajstić information content (AvgIpc) is 3.60. The standard InChI is InChI=1S/C50H64ClN3O13S4/c1-35(55)13-7-6-8-28-54-44-22-16-38-33-40(71(65,66)67)20-21-41(38)47(44)50(4,5)46(54)25-18-37-15-9-14-36(48(37)51)17-24-45-49(2,3)42-34-39(19-23-43(42)53(45)29-12-32-70(62,63)64)52(26-10-30-68(56,57)58)27-11-31-69(59,60)61/h16-25,33-34H,6-15,26-32H2,1-5H3,(H3-,56,57,58,59,60,61,62,63,64,65,66,67)/p+1. The Morgan fingerprint density at radius 1 is 0.746 bits per heavy atom. The van der Waals surface area contributed by atoms with Gasteiger partial charge in [-0.15, -0.1) is 0 Å². The molecule has 0 amide bonds. The first kappa shape index (κ1) is 56.1. The van der Waals surface area contributed by atoms with Gasteiger partial charge in [0.2, 0.25) is 5.69 Å². The Kier molecular flexibility index (Phi) is 17.4. The average molecular weight is 1080 g/mol. The zero-order valence-electron chi connectivity index (χ0n) is 40.8. The minimum absolute atomic E-state index is 0.0448. The van der Waals surface area contributed by atoms with Crippen LogP contribution in [0.3, 0.4) is 0 Å². The third-order valence-electron chi connectivity index (χ3n) is 13.6. The van der Waals surface area contributed by atoms with Crippen molar-refractivity contribution in [1.82, 2.24) is 0 Å². The van der Waals surface area contributed by atoms with Crippen LogP contribution < -0.4 is 9.80 Å². The molecule has 388 valence electrons. The molecule has 0 atom stereocenters. The first-order valence-corrected chi connectivity index (χ1v) is 30.3. The topological polar surface area (TPSA) is 244 Å². The molecule has 3 aliphatic rings. The molecule has 3 aromatic rings. The number of benzene rings is 3. The number of rotatable bonds is 23. The lowest BCUT2D eigenvalue weighted by molar-refractivity contribution is -0.438. The second-order valence-electron chi connectivity index (χ2n) is 19.6. The maximum Gasteiger partial charge on any atom is 0.294 e. The molecule has 71 heavy (non-hydrogen) atoms.